The lowest BCUT2D eigenvalue weighted by Gasteiger charge is -2.08. The van der Waals surface area contributed by atoms with Gasteiger partial charge < -0.3 is 10.6 Å². The molecule has 0 atom stereocenters. The maximum atomic E-state index is 12.2. The van der Waals surface area contributed by atoms with Crippen molar-refractivity contribution in [3.8, 4) is 6.07 Å². The molecule has 1 amide bonds. The van der Waals surface area contributed by atoms with Gasteiger partial charge in [0.25, 0.3) is 5.91 Å². The zero-order valence-corrected chi connectivity index (χ0v) is 15.9. The number of aryl methyl sites for hydroxylation is 3. The number of carbonyl (C=O) groups is 1. The van der Waals surface area contributed by atoms with Gasteiger partial charge in [0.2, 0.25) is 0 Å². The van der Waals surface area contributed by atoms with Gasteiger partial charge in [0.05, 0.1) is 5.69 Å². The molecular formula is C16H15IN4OS. The Morgan fingerprint density at radius 2 is 2.13 bits per heavy atom. The highest BCUT2D eigenvalue weighted by atomic mass is 127. The van der Waals surface area contributed by atoms with E-state index in [-0.39, 0.29) is 5.57 Å². The molecule has 0 aliphatic rings. The lowest BCUT2D eigenvalue weighted by Crippen LogP contribution is -2.15. The minimum Gasteiger partial charge on any atom is -0.337 e. The van der Waals surface area contributed by atoms with Crippen molar-refractivity contribution < 1.29 is 4.79 Å². The van der Waals surface area contributed by atoms with Gasteiger partial charge in [0, 0.05) is 20.3 Å². The second kappa shape index (κ2) is 7.57. The van der Waals surface area contributed by atoms with Crippen LogP contribution in [0.5, 0.6) is 0 Å². The zero-order valence-electron chi connectivity index (χ0n) is 12.9. The van der Waals surface area contributed by atoms with Crippen molar-refractivity contribution in [3.63, 3.8) is 0 Å². The fourth-order valence-electron chi connectivity index (χ4n) is 1.77. The molecule has 0 saturated carbocycles. The summed E-state index contributed by atoms with van der Waals surface area (Å²) in [5, 5.41) is 15.5. The molecule has 23 heavy (non-hydrogen) atoms. The van der Waals surface area contributed by atoms with Crippen LogP contribution in [-0.4, -0.2) is 10.9 Å². The average molecular weight is 438 g/mol. The molecule has 2 rings (SSSR count). The number of nitrogens with one attached hydrogen (secondary N) is 2. The van der Waals surface area contributed by atoms with E-state index in [9.17, 15) is 10.1 Å². The number of hydrogen-bond acceptors (Lipinski definition) is 5. The molecule has 2 aromatic rings. The topological polar surface area (TPSA) is 77.8 Å². The average Bonchev–Trinajstić information content (AvgIpc) is 2.81. The summed E-state index contributed by atoms with van der Waals surface area (Å²) in [5.41, 5.74) is 2.57. The van der Waals surface area contributed by atoms with Crippen LogP contribution in [0.4, 0.5) is 10.8 Å². The van der Waals surface area contributed by atoms with Gasteiger partial charge in [0.15, 0.2) is 5.13 Å². The highest BCUT2D eigenvalue weighted by Crippen LogP contribution is 2.21. The van der Waals surface area contributed by atoms with Crippen molar-refractivity contribution in [2.75, 3.05) is 10.6 Å². The first-order chi connectivity index (χ1) is 10.9. The lowest BCUT2D eigenvalue weighted by atomic mass is 10.2. The van der Waals surface area contributed by atoms with Gasteiger partial charge in [-0.15, -0.1) is 11.3 Å². The minimum atomic E-state index is -0.450. The Bertz CT molecular complexity index is 800. The minimum absolute atomic E-state index is 0.00606. The molecule has 0 saturated heterocycles. The molecule has 0 fully saturated rings. The van der Waals surface area contributed by atoms with E-state index in [0.29, 0.717) is 10.8 Å². The van der Waals surface area contributed by atoms with Crippen LogP contribution in [-0.2, 0) is 4.79 Å². The van der Waals surface area contributed by atoms with E-state index in [1.807, 2.05) is 45.0 Å². The second-order valence-corrected chi connectivity index (χ2v) is 7.34. The van der Waals surface area contributed by atoms with Gasteiger partial charge in [-0.1, -0.05) is 0 Å². The number of aromatic nitrogens is 1. The van der Waals surface area contributed by atoms with Crippen molar-refractivity contribution in [2.45, 2.75) is 20.8 Å². The Balaban J connectivity index is 2.12. The van der Waals surface area contributed by atoms with Crippen LogP contribution in [0.15, 0.2) is 30.0 Å². The first-order valence-corrected chi connectivity index (χ1v) is 8.68. The molecule has 0 radical (unpaired) electrons. The molecule has 7 heteroatoms. The summed E-state index contributed by atoms with van der Waals surface area (Å²) in [4.78, 5) is 17.6. The molecule has 0 bridgehead atoms. The SMILES string of the molecule is Cc1cc(I)ccc1NC(=O)/C(C#N)=C\Nc1nc(C)c(C)s1. The number of carbonyl (C=O) groups excluding carboxylic acids is 1. The van der Waals surface area contributed by atoms with Crippen molar-refractivity contribution >= 4 is 50.7 Å². The van der Waals surface area contributed by atoms with E-state index in [1.165, 1.54) is 17.5 Å². The third kappa shape index (κ3) is 4.53. The molecule has 0 aliphatic carbocycles. The Labute approximate surface area is 152 Å². The Hall–Kier alpha value is -1.92. The van der Waals surface area contributed by atoms with Crippen LogP contribution < -0.4 is 10.6 Å². The molecule has 0 spiro atoms. The quantitative estimate of drug-likeness (QED) is 0.428. The van der Waals surface area contributed by atoms with E-state index in [2.05, 4.69) is 38.2 Å². The highest BCUT2D eigenvalue weighted by molar-refractivity contribution is 14.1. The number of thiazole rings is 1. The number of benzene rings is 1. The van der Waals surface area contributed by atoms with Crippen LogP contribution in [0, 0.1) is 35.7 Å². The van der Waals surface area contributed by atoms with Crippen LogP contribution in [0.25, 0.3) is 0 Å². The molecule has 1 aromatic carbocycles. The Kier molecular flexibility index (Phi) is 5.74. The summed E-state index contributed by atoms with van der Waals surface area (Å²) in [6.07, 6.45) is 1.38. The summed E-state index contributed by atoms with van der Waals surface area (Å²) in [5.74, 6) is -0.450. The van der Waals surface area contributed by atoms with Crippen LogP contribution in [0.1, 0.15) is 16.1 Å². The zero-order chi connectivity index (χ0) is 17.0. The first-order valence-electron chi connectivity index (χ1n) is 6.79. The van der Waals surface area contributed by atoms with E-state index in [0.717, 1.165) is 19.7 Å². The number of nitrogens with zero attached hydrogens (tertiary/aromatic N) is 2. The number of amides is 1. The largest absolute Gasteiger partial charge is 0.337 e. The summed E-state index contributed by atoms with van der Waals surface area (Å²) < 4.78 is 1.09. The molecule has 1 heterocycles. The second-order valence-electron chi connectivity index (χ2n) is 4.89. The highest BCUT2D eigenvalue weighted by Gasteiger charge is 2.11. The van der Waals surface area contributed by atoms with Crippen LogP contribution in [0.2, 0.25) is 0 Å². The summed E-state index contributed by atoms with van der Waals surface area (Å²) in [6.45, 7) is 5.80. The van der Waals surface area contributed by atoms with Crippen molar-refractivity contribution in [2.24, 2.45) is 0 Å². The first kappa shape index (κ1) is 17.4. The van der Waals surface area contributed by atoms with Gasteiger partial charge >= 0.3 is 0 Å². The van der Waals surface area contributed by atoms with Gasteiger partial charge in [-0.25, -0.2) is 4.98 Å². The lowest BCUT2D eigenvalue weighted by molar-refractivity contribution is -0.112. The molecule has 5 nitrogen and oxygen atoms in total. The van der Waals surface area contributed by atoms with E-state index in [4.69, 9.17) is 0 Å². The molecule has 0 unspecified atom stereocenters. The van der Waals surface area contributed by atoms with Crippen LogP contribution in [0.3, 0.4) is 0 Å². The number of nitriles is 1. The Morgan fingerprint density at radius 3 is 2.70 bits per heavy atom. The summed E-state index contributed by atoms with van der Waals surface area (Å²) in [7, 11) is 0. The fourth-order valence-corrected chi connectivity index (χ4v) is 3.20. The van der Waals surface area contributed by atoms with Gasteiger partial charge in [0.1, 0.15) is 11.6 Å². The summed E-state index contributed by atoms with van der Waals surface area (Å²) >= 11 is 3.69. The van der Waals surface area contributed by atoms with Crippen molar-refractivity contribution in [3.05, 3.63) is 49.7 Å². The molecule has 118 valence electrons. The molecular weight excluding hydrogens is 423 g/mol. The van der Waals surface area contributed by atoms with Gasteiger partial charge in [-0.2, -0.15) is 5.26 Å². The maximum absolute atomic E-state index is 12.2. The standard InChI is InChI=1S/C16H15IN4OS/c1-9-6-13(17)4-5-14(9)21-15(22)12(7-18)8-19-16-20-10(2)11(3)23-16/h4-6,8H,1-3H3,(H,19,20)(H,21,22)/b12-8-. The van der Waals surface area contributed by atoms with E-state index in [1.54, 1.807) is 0 Å². The predicted octanol–water partition coefficient (Wildman–Crippen LogP) is 4.13. The van der Waals surface area contributed by atoms with Crippen molar-refractivity contribution in [1.82, 2.24) is 4.98 Å². The number of rotatable bonds is 4. The monoisotopic (exact) mass is 438 g/mol. The van der Waals surface area contributed by atoms with Gasteiger partial charge in [-0.3, -0.25) is 4.79 Å². The van der Waals surface area contributed by atoms with Gasteiger partial charge in [-0.05, 0) is 67.1 Å². The normalized spacial score (nSPS) is 11.0. The maximum Gasteiger partial charge on any atom is 0.267 e. The number of hydrogen-bond donors (Lipinski definition) is 2. The molecule has 0 aliphatic heterocycles. The van der Waals surface area contributed by atoms with E-state index < -0.39 is 5.91 Å². The third-order valence-electron chi connectivity index (χ3n) is 3.17. The molecule has 2 N–H and O–H groups in total. The number of anilines is 2. The Morgan fingerprint density at radius 1 is 1.39 bits per heavy atom. The summed E-state index contributed by atoms with van der Waals surface area (Å²) in [6, 6.07) is 7.60. The number of halogens is 1. The van der Waals surface area contributed by atoms with Crippen molar-refractivity contribution in [1.29, 1.82) is 5.26 Å². The predicted molar refractivity (Wildman–Crippen MR) is 101 cm³/mol. The molecule has 1 aromatic heterocycles. The fraction of sp³-hybridized carbons (Fsp3) is 0.188. The smallest absolute Gasteiger partial charge is 0.267 e. The van der Waals surface area contributed by atoms with E-state index >= 15 is 0 Å². The van der Waals surface area contributed by atoms with Crippen LogP contribution >= 0.6 is 33.9 Å². The third-order valence-corrected chi connectivity index (χ3v) is 4.85.